The topological polar surface area (TPSA) is 83.8 Å². The molecule has 0 radical (unpaired) electrons. The minimum atomic E-state index is -3.54. The second-order valence-corrected chi connectivity index (χ2v) is 8.29. The fourth-order valence-corrected chi connectivity index (χ4v) is 3.90. The largest absolute Gasteiger partial charge is 0.373 e. The van der Waals surface area contributed by atoms with E-state index in [1.54, 1.807) is 0 Å². The van der Waals surface area contributed by atoms with E-state index in [2.05, 4.69) is 11.9 Å². The van der Waals surface area contributed by atoms with Crippen LogP contribution < -0.4 is 4.90 Å². The monoisotopic (exact) mass is 341 g/mol. The Bertz CT molecular complexity index is 682. The standard InChI is InChI=1S/C15H23N3O4S/c1-16-8-6-12(7-9-16)11-17(2)14-5-4-13(18(19)20)10-15(14)23(3,21)22/h4-5,10,12H,6-9,11H2,1-3H3. The van der Waals surface area contributed by atoms with Gasteiger partial charge in [0.2, 0.25) is 0 Å². The first kappa shape index (κ1) is 17.7. The average molecular weight is 341 g/mol. The molecule has 0 atom stereocenters. The minimum absolute atomic E-state index is 0.0159. The number of rotatable bonds is 5. The third-order valence-corrected chi connectivity index (χ3v) is 5.46. The Hall–Kier alpha value is -1.67. The van der Waals surface area contributed by atoms with Gasteiger partial charge in [0.05, 0.1) is 15.5 Å². The number of piperidine rings is 1. The van der Waals surface area contributed by atoms with Gasteiger partial charge in [-0.15, -0.1) is 0 Å². The molecule has 0 aliphatic carbocycles. The molecule has 0 saturated carbocycles. The Labute approximate surface area is 137 Å². The molecule has 1 aliphatic heterocycles. The summed E-state index contributed by atoms with van der Waals surface area (Å²) in [5, 5.41) is 10.9. The van der Waals surface area contributed by atoms with Crippen LogP contribution in [0.4, 0.5) is 11.4 Å². The number of nitro groups is 1. The lowest BCUT2D eigenvalue weighted by Gasteiger charge is -2.32. The van der Waals surface area contributed by atoms with Crippen molar-refractivity contribution in [2.75, 3.05) is 44.9 Å². The van der Waals surface area contributed by atoms with Crippen LogP contribution in [0.25, 0.3) is 0 Å². The number of nitrogens with zero attached hydrogens (tertiary/aromatic N) is 3. The zero-order chi connectivity index (χ0) is 17.2. The van der Waals surface area contributed by atoms with Gasteiger partial charge in [0.1, 0.15) is 0 Å². The van der Waals surface area contributed by atoms with Gasteiger partial charge >= 0.3 is 0 Å². The Balaban J connectivity index is 2.25. The van der Waals surface area contributed by atoms with Gasteiger partial charge in [-0.25, -0.2) is 8.42 Å². The Morgan fingerprint density at radius 2 is 1.96 bits per heavy atom. The molecule has 128 valence electrons. The molecule has 7 nitrogen and oxygen atoms in total. The molecule has 0 spiro atoms. The maximum atomic E-state index is 12.0. The highest BCUT2D eigenvalue weighted by Crippen LogP contribution is 2.30. The molecule has 1 saturated heterocycles. The first-order chi connectivity index (χ1) is 10.7. The van der Waals surface area contributed by atoms with E-state index in [0.717, 1.165) is 44.8 Å². The number of hydrogen-bond donors (Lipinski definition) is 0. The van der Waals surface area contributed by atoms with E-state index in [0.29, 0.717) is 11.6 Å². The van der Waals surface area contributed by atoms with Crippen molar-refractivity contribution >= 4 is 21.2 Å². The van der Waals surface area contributed by atoms with Crippen LogP contribution in [0, 0.1) is 16.0 Å². The molecule has 1 heterocycles. The fraction of sp³-hybridized carbons (Fsp3) is 0.600. The van der Waals surface area contributed by atoms with Crippen molar-refractivity contribution < 1.29 is 13.3 Å². The lowest BCUT2D eigenvalue weighted by molar-refractivity contribution is -0.385. The molecule has 1 aromatic rings. The van der Waals surface area contributed by atoms with E-state index < -0.39 is 14.8 Å². The van der Waals surface area contributed by atoms with E-state index >= 15 is 0 Å². The number of non-ortho nitro benzene ring substituents is 1. The van der Waals surface area contributed by atoms with Crippen LogP contribution >= 0.6 is 0 Å². The van der Waals surface area contributed by atoms with Gasteiger partial charge in [0.15, 0.2) is 9.84 Å². The fourth-order valence-electron chi connectivity index (χ4n) is 2.96. The predicted octanol–water partition coefficient (Wildman–Crippen LogP) is 1.78. The van der Waals surface area contributed by atoms with Crippen LogP contribution in [0.2, 0.25) is 0 Å². The van der Waals surface area contributed by atoms with E-state index in [1.807, 2.05) is 11.9 Å². The van der Waals surface area contributed by atoms with Crippen molar-refractivity contribution in [3.05, 3.63) is 28.3 Å². The number of benzene rings is 1. The van der Waals surface area contributed by atoms with Crippen molar-refractivity contribution in [2.45, 2.75) is 17.7 Å². The zero-order valence-corrected chi connectivity index (χ0v) is 14.5. The summed E-state index contributed by atoms with van der Waals surface area (Å²) in [5.41, 5.74) is 0.318. The van der Waals surface area contributed by atoms with Gasteiger partial charge in [-0.2, -0.15) is 0 Å². The first-order valence-electron chi connectivity index (χ1n) is 7.56. The molecule has 0 bridgehead atoms. The van der Waals surface area contributed by atoms with Crippen molar-refractivity contribution in [3.63, 3.8) is 0 Å². The molecule has 1 fully saturated rings. The molecular formula is C15H23N3O4S. The molecule has 0 aromatic heterocycles. The summed E-state index contributed by atoms with van der Waals surface area (Å²) >= 11 is 0. The van der Waals surface area contributed by atoms with E-state index in [4.69, 9.17) is 0 Å². The second kappa shape index (κ2) is 6.84. The first-order valence-corrected chi connectivity index (χ1v) is 9.46. The maximum absolute atomic E-state index is 12.0. The van der Waals surface area contributed by atoms with Crippen molar-refractivity contribution in [3.8, 4) is 0 Å². The van der Waals surface area contributed by atoms with Gasteiger partial charge < -0.3 is 9.80 Å². The smallest absolute Gasteiger partial charge is 0.270 e. The number of likely N-dealkylation sites (tertiary alicyclic amines) is 1. The molecular weight excluding hydrogens is 318 g/mol. The van der Waals surface area contributed by atoms with Gasteiger partial charge in [-0.3, -0.25) is 10.1 Å². The highest BCUT2D eigenvalue weighted by atomic mass is 32.2. The molecule has 0 amide bonds. The Morgan fingerprint density at radius 3 is 2.48 bits per heavy atom. The van der Waals surface area contributed by atoms with E-state index in [9.17, 15) is 18.5 Å². The van der Waals surface area contributed by atoms with Crippen LogP contribution in [-0.4, -0.2) is 58.2 Å². The highest BCUT2D eigenvalue weighted by Gasteiger charge is 2.23. The van der Waals surface area contributed by atoms with E-state index in [1.165, 1.54) is 12.1 Å². The summed E-state index contributed by atoms with van der Waals surface area (Å²) in [6.07, 6.45) is 3.23. The third kappa shape index (κ3) is 4.42. The number of anilines is 1. The molecule has 0 N–H and O–H groups in total. The average Bonchev–Trinajstić information content (AvgIpc) is 2.48. The molecule has 23 heavy (non-hydrogen) atoms. The van der Waals surface area contributed by atoms with Crippen LogP contribution in [0.3, 0.4) is 0 Å². The maximum Gasteiger partial charge on any atom is 0.270 e. The van der Waals surface area contributed by atoms with Gasteiger partial charge in [0, 0.05) is 32.0 Å². The Morgan fingerprint density at radius 1 is 1.35 bits per heavy atom. The highest BCUT2D eigenvalue weighted by molar-refractivity contribution is 7.90. The Kier molecular flexibility index (Phi) is 5.26. The SMILES string of the molecule is CN1CCC(CN(C)c2ccc([N+](=O)[O-])cc2S(C)(=O)=O)CC1. The summed E-state index contributed by atoms with van der Waals surface area (Å²) in [6.45, 7) is 2.82. The molecule has 8 heteroatoms. The van der Waals surface area contributed by atoms with Crippen molar-refractivity contribution in [1.29, 1.82) is 0 Å². The van der Waals surface area contributed by atoms with Gasteiger partial charge in [-0.05, 0) is 45.0 Å². The zero-order valence-electron chi connectivity index (χ0n) is 13.7. The summed E-state index contributed by atoms with van der Waals surface area (Å²) in [4.78, 5) is 14.5. The second-order valence-electron chi connectivity index (χ2n) is 6.31. The third-order valence-electron chi connectivity index (χ3n) is 4.34. The molecule has 1 aromatic carbocycles. The molecule has 2 rings (SSSR count). The quantitative estimate of drug-likeness (QED) is 0.599. The lowest BCUT2D eigenvalue weighted by atomic mass is 9.96. The number of hydrogen-bond acceptors (Lipinski definition) is 6. The summed E-state index contributed by atoms with van der Waals surface area (Å²) in [6, 6.07) is 4.04. The normalized spacial score (nSPS) is 17.2. The molecule has 0 unspecified atom stereocenters. The van der Waals surface area contributed by atoms with Crippen LogP contribution in [0.15, 0.2) is 23.1 Å². The summed E-state index contributed by atoms with van der Waals surface area (Å²) < 4.78 is 24.0. The molecule has 1 aliphatic rings. The van der Waals surface area contributed by atoms with Crippen LogP contribution in [0.5, 0.6) is 0 Å². The summed E-state index contributed by atoms with van der Waals surface area (Å²) in [7, 11) is 0.398. The minimum Gasteiger partial charge on any atom is -0.373 e. The van der Waals surface area contributed by atoms with Crippen LogP contribution in [0.1, 0.15) is 12.8 Å². The number of sulfone groups is 1. The predicted molar refractivity (Wildman–Crippen MR) is 89.7 cm³/mol. The summed E-state index contributed by atoms with van der Waals surface area (Å²) in [5.74, 6) is 0.499. The van der Waals surface area contributed by atoms with Crippen molar-refractivity contribution in [2.24, 2.45) is 5.92 Å². The lowest BCUT2D eigenvalue weighted by Crippen LogP contribution is -2.36. The van der Waals surface area contributed by atoms with Gasteiger partial charge in [-0.1, -0.05) is 0 Å². The van der Waals surface area contributed by atoms with Crippen molar-refractivity contribution in [1.82, 2.24) is 4.90 Å². The van der Waals surface area contributed by atoms with E-state index in [-0.39, 0.29) is 10.6 Å². The number of nitro benzene ring substituents is 1. The van der Waals surface area contributed by atoms with Crippen LogP contribution in [-0.2, 0) is 9.84 Å². The van der Waals surface area contributed by atoms with Gasteiger partial charge in [0.25, 0.3) is 5.69 Å².